The molecule has 2 atom stereocenters. The third kappa shape index (κ3) is 4.84. The molecule has 2 unspecified atom stereocenters. The van der Waals surface area contributed by atoms with Crippen molar-refractivity contribution in [3.8, 4) is 0 Å². The Hall–Kier alpha value is -0.160. The minimum Gasteiger partial charge on any atom is -0.396 e. The smallest absolute Gasteiger partial charge is 0.0431 e. The highest BCUT2D eigenvalue weighted by atomic mass is 16.2. The van der Waals surface area contributed by atoms with Crippen molar-refractivity contribution in [3.63, 3.8) is 0 Å². The van der Waals surface area contributed by atoms with Crippen LogP contribution >= 0.6 is 0 Å². The molecule has 1 aliphatic rings. The number of aliphatic hydroxyl groups excluding tert-OH is 1. The molecule has 0 amide bonds. The molecule has 4 heteroatoms. The van der Waals surface area contributed by atoms with Gasteiger partial charge >= 0.3 is 0 Å². The summed E-state index contributed by atoms with van der Waals surface area (Å²) in [5.41, 5.74) is 6.15. The zero-order chi connectivity index (χ0) is 13.4. The molecule has 0 saturated carbocycles. The van der Waals surface area contributed by atoms with Gasteiger partial charge in [0.15, 0.2) is 0 Å². The summed E-state index contributed by atoms with van der Waals surface area (Å²) in [5, 5.41) is 12.6. The van der Waals surface area contributed by atoms with Gasteiger partial charge in [-0.2, -0.15) is 0 Å². The van der Waals surface area contributed by atoms with Crippen LogP contribution in [0, 0.1) is 0 Å². The normalized spacial score (nSPS) is 28.0. The molecule has 0 aromatic rings. The van der Waals surface area contributed by atoms with Crippen molar-refractivity contribution in [2.45, 2.75) is 57.5 Å². The van der Waals surface area contributed by atoms with Crippen LogP contribution in [0.1, 0.15) is 46.0 Å². The van der Waals surface area contributed by atoms with Gasteiger partial charge in [0.25, 0.3) is 0 Å². The van der Waals surface area contributed by atoms with Crippen molar-refractivity contribution >= 4 is 0 Å². The lowest BCUT2D eigenvalue weighted by Crippen LogP contribution is -2.55. The van der Waals surface area contributed by atoms with E-state index in [0.29, 0.717) is 12.6 Å². The number of hydrogen-bond donors (Lipinski definition) is 3. The molecule has 1 heterocycles. The molecule has 1 aliphatic heterocycles. The fraction of sp³-hybridized carbons (Fsp3) is 1.00. The lowest BCUT2D eigenvalue weighted by molar-refractivity contribution is 0.231. The predicted octanol–water partition coefficient (Wildman–Crippen LogP) is 0.940. The lowest BCUT2D eigenvalue weighted by atomic mass is 9.89. The molecule has 4 nitrogen and oxygen atoms in total. The minimum atomic E-state index is 0.110. The van der Waals surface area contributed by atoms with Crippen LogP contribution in [0.5, 0.6) is 0 Å². The van der Waals surface area contributed by atoms with E-state index in [1.54, 1.807) is 0 Å². The summed E-state index contributed by atoms with van der Waals surface area (Å²) in [6, 6.07) is 0.439. The maximum Gasteiger partial charge on any atom is 0.0431 e. The van der Waals surface area contributed by atoms with Crippen molar-refractivity contribution in [1.29, 1.82) is 0 Å². The number of nitrogens with one attached hydrogen (secondary N) is 1. The molecule has 0 radical (unpaired) electrons. The van der Waals surface area contributed by atoms with Gasteiger partial charge in [-0.3, -0.25) is 0 Å². The average molecular weight is 257 g/mol. The molecule has 1 saturated heterocycles. The number of rotatable bonds is 7. The second-order valence-corrected chi connectivity index (χ2v) is 5.68. The van der Waals surface area contributed by atoms with Crippen LogP contribution in [-0.4, -0.2) is 54.4 Å². The Morgan fingerprint density at radius 3 is 2.78 bits per heavy atom. The van der Waals surface area contributed by atoms with Crippen LogP contribution in [0.3, 0.4) is 0 Å². The summed E-state index contributed by atoms with van der Waals surface area (Å²) in [7, 11) is 0. The Labute approximate surface area is 112 Å². The molecule has 108 valence electrons. The van der Waals surface area contributed by atoms with Crippen molar-refractivity contribution in [1.82, 2.24) is 10.2 Å². The van der Waals surface area contributed by atoms with Crippen LogP contribution in [0.15, 0.2) is 0 Å². The molecule has 0 spiro atoms. The van der Waals surface area contributed by atoms with E-state index in [0.717, 1.165) is 32.4 Å². The summed E-state index contributed by atoms with van der Waals surface area (Å²) >= 11 is 0. The fourth-order valence-electron chi connectivity index (χ4n) is 2.97. The monoisotopic (exact) mass is 257 g/mol. The Balaban J connectivity index is 2.50. The van der Waals surface area contributed by atoms with Crippen LogP contribution in [0.2, 0.25) is 0 Å². The highest BCUT2D eigenvalue weighted by Gasteiger charge is 2.31. The predicted molar refractivity (Wildman–Crippen MR) is 76.7 cm³/mol. The molecule has 0 aliphatic carbocycles. The quantitative estimate of drug-likeness (QED) is 0.635. The third-order valence-corrected chi connectivity index (χ3v) is 4.22. The van der Waals surface area contributed by atoms with E-state index in [1.807, 2.05) is 0 Å². The van der Waals surface area contributed by atoms with E-state index in [-0.39, 0.29) is 12.1 Å². The second-order valence-electron chi connectivity index (χ2n) is 5.68. The Morgan fingerprint density at radius 2 is 2.17 bits per heavy atom. The van der Waals surface area contributed by atoms with Gasteiger partial charge in [0.2, 0.25) is 0 Å². The Bertz CT molecular complexity index is 225. The largest absolute Gasteiger partial charge is 0.396 e. The standard InChI is InChI=1S/C14H31N3O/c1-3-17-9-5-7-14(12-15,8-10-17)16-13(2)6-4-11-18/h13,16,18H,3-12,15H2,1-2H3. The van der Waals surface area contributed by atoms with E-state index >= 15 is 0 Å². The molecule has 1 rings (SSSR count). The summed E-state index contributed by atoms with van der Waals surface area (Å²) in [4.78, 5) is 2.51. The van der Waals surface area contributed by atoms with Gasteiger partial charge in [-0.15, -0.1) is 0 Å². The first kappa shape index (κ1) is 15.9. The van der Waals surface area contributed by atoms with Crippen molar-refractivity contribution in [2.24, 2.45) is 5.73 Å². The molecule has 1 fully saturated rings. The van der Waals surface area contributed by atoms with Crippen molar-refractivity contribution < 1.29 is 5.11 Å². The molecular formula is C14H31N3O. The SMILES string of the molecule is CCN1CCCC(CN)(NC(C)CCCO)CC1. The van der Waals surface area contributed by atoms with Crippen LogP contribution in [0.25, 0.3) is 0 Å². The first-order chi connectivity index (χ1) is 8.65. The molecule has 0 aromatic heterocycles. The van der Waals surface area contributed by atoms with E-state index in [9.17, 15) is 0 Å². The number of nitrogens with two attached hydrogens (primary N) is 1. The van der Waals surface area contributed by atoms with Gasteiger partial charge in [-0.05, 0) is 58.7 Å². The number of likely N-dealkylation sites (tertiary alicyclic amines) is 1. The average Bonchev–Trinajstić information content (AvgIpc) is 2.59. The van der Waals surface area contributed by atoms with Gasteiger partial charge in [-0.25, -0.2) is 0 Å². The van der Waals surface area contributed by atoms with Crippen LogP contribution < -0.4 is 11.1 Å². The first-order valence-electron chi connectivity index (χ1n) is 7.47. The van der Waals surface area contributed by atoms with Crippen LogP contribution in [0.4, 0.5) is 0 Å². The lowest BCUT2D eigenvalue weighted by Gasteiger charge is -2.36. The molecule has 18 heavy (non-hydrogen) atoms. The van der Waals surface area contributed by atoms with Gasteiger partial charge in [0, 0.05) is 24.7 Å². The summed E-state index contributed by atoms with van der Waals surface area (Å²) in [6.07, 6.45) is 5.43. The Morgan fingerprint density at radius 1 is 1.39 bits per heavy atom. The van der Waals surface area contributed by atoms with E-state index < -0.39 is 0 Å². The van der Waals surface area contributed by atoms with Crippen LogP contribution in [-0.2, 0) is 0 Å². The Kier molecular flexibility index (Phi) is 7.15. The summed E-state index contributed by atoms with van der Waals surface area (Å²) in [5.74, 6) is 0. The van der Waals surface area contributed by atoms with Crippen molar-refractivity contribution in [3.05, 3.63) is 0 Å². The maximum atomic E-state index is 8.89. The molecule has 0 aromatic carbocycles. The van der Waals surface area contributed by atoms with Gasteiger partial charge in [0.1, 0.15) is 0 Å². The van der Waals surface area contributed by atoms with E-state index in [1.165, 1.54) is 19.4 Å². The topological polar surface area (TPSA) is 61.5 Å². The van der Waals surface area contributed by atoms with Gasteiger partial charge < -0.3 is 21.1 Å². The molecular weight excluding hydrogens is 226 g/mol. The van der Waals surface area contributed by atoms with E-state index in [2.05, 4.69) is 24.1 Å². The summed E-state index contributed by atoms with van der Waals surface area (Å²) < 4.78 is 0. The summed E-state index contributed by atoms with van der Waals surface area (Å²) in [6.45, 7) is 8.92. The van der Waals surface area contributed by atoms with Gasteiger partial charge in [-0.1, -0.05) is 6.92 Å². The zero-order valence-corrected chi connectivity index (χ0v) is 12.1. The third-order valence-electron chi connectivity index (χ3n) is 4.22. The second kappa shape index (κ2) is 8.10. The number of nitrogens with zero attached hydrogens (tertiary/aromatic N) is 1. The van der Waals surface area contributed by atoms with Crippen molar-refractivity contribution in [2.75, 3.05) is 32.8 Å². The number of aliphatic hydroxyl groups is 1. The highest BCUT2D eigenvalue weighted by molar-refractivity contribution is 4.93. The minimum absolute atomic E-state index is 0.110. The fourth-order valence-corrected chi connectivity index (χ4v) is 2.97. The van der Waals surface area contributed by atoms with E-state index in [4.69, 9.17) is 10.8 Å². The molecule has 4 N–H and O–H groups in total. The van der Waals surface area contributed by atoms with Gasteiger partial charge in [0.05, 0.1) is 0 Å². The maximum absolute atomic E-state index is 8.89. The number of hydrogen-bond acceptors (Lipinski definition) is 4. The zero-order valence-electron chi connectivity index (χ0n) is 12.1. The first-order valence-corrected chi connectivity index (χ1v) is 7.47. The molecule has 0 bridgehead atoms. The highest BCUT2D eigenvalue weighted by Crippen LogP contribution is 2.22.